The van der Waals surface area contributed by atoms with Crippen molar-refractivity contribution in [1.29, 1.82) is 0 Å². The van der Waals surface area contributed by atoms with E-state index in [-0.39, 0.29) is 5.56 Å². The lowest BCUT2D eigenvalue weighted by Gasteiger charge is -2.06. The zero-order valence-corrected chi connectivity index (χ0v) is 12.4. The van der Waals surface area contributed by atoms with Crippen LogP contribution in [0.3, 0.4) is 0 Å². The number of benzene rings is 1. The number of rotatable bonds is 3. The molecular formula is C14H12ClN3OS. The molecular weight excluding hydrogens is 294 g/mol. The molecule has 0 bridgehead atoms. The number of aryl methyl sites for hydroxylation is 3. The monoisotopic (exact) mass is 305 g/mol. The van der Waals surface area contributed by atoms with Crippen molar-refractivity contribution < 1.29 is 0 Å². The maximum Gasteiger partial charge on any atom is 0.262 e. The van der Waals surface area contributed by atoms with E-state index in [1.165, 1.54) is 4.88 Å². The fourth-order valence-corrected chi connectivity index (χ4v) is 3.13. The van der Waals surface area contributed by atoms with Gasteiger partial charge in [0.2, 0.25) is 0 Å². The first-order valence-electron chi connectivity index (χ1n) is 6.19. The highest BCUT2D eigenvalue weighted by molar-refractivity contribution is 7.09. The fraction of sp³-hybridized carbons (Fsp3) is 0.214. The number of halogens is 1. The van der Waals surface area contributed by atoms with Crippen molar-refractivity contribution in [3.8, 4) is 0 Å². The predicted octanol–water partition coefficient (Wildman–Crippen LogP) is 3.06. The molecule has 0 aliphatic carbocycles. The highest BCUT2D eigenvalue weighted by Gasteiger charge is 2.08. The molecule has 1 aromatic carbocycles. The van der Waals surface area contributed by atoms with Gasteiger partial charge in [0, 0.05) is 17.8 Å². The molecule has 0 saturated carbocycles. The van der Waals surface area contributed by atoms with Crippen LogP contribution >= 0.6 is 22.9 Å². The van der Waals surface area contributed by atoms with Crippen molar-refractivity contribution in [2.24, 2.45) is 0 Å². The van der Waals surface area contributed by atoms with E-state index in [2.05, 4.69) is 9.97 Å². The molecule has 20 heavy (non-hydrogen) atoms. The minimum absolute atomic E-state index is 0.0947. The van der Waals surface area contributed by atoms with Gasteiger partial charge < -0.3 is 0 Å². The van der Waals surface area contributed by atoms with Crippen molar-refractivity contribution in [3.05, 3.63) is 56.0 Å². The molecule has 0 saturated heterocycles. The molecule has 3 rings (SSSR count). The average Bonchev–Trinajstić information content (AvgIpc) is 2.84. The predicted molar refractivity (Wildman–Crippen MR) is 81.6 cm³/mol. The lowest BCUT2D eigenvalue weighted by Crippen LogP contribution is -2.21. The zero-order valence-electron chi connectivity index (χ0n) is 10.8. The molecule has 0 N–H and O–H groups in total. The third-order valence-corrected chi connectivity index (χ3v) is 4.54. The van der Waals surface area contributed by atoms with E-state index in [0.29, 0.717) is 22.5 Å². The van der Waals surface area contributed by atoms with Gasteiger partial charge in [0.05, 0.1) is 33.5 Å². The summed E-state index contributed by atoms with van der Waals surface area (Å²) in [6.07, 6.45) is 2.35. The summed E-state index contributed by atoms with van der Waals surface area (Å²) in [6, 6.07) is 5.30. The van der Waals surface area contributed by atoms with Crippen molar-refractivity contribution in [2.45, 2.75) is 19.9 Å². The van der Waals surface area contributed by atoms with Gasteiger partial charge in [-0.2, -0.15) is 0 Å². The smallest absolute Gasteiger partial charge is 0.262 e. The Bertz CT molecular complexity index is 825. The Labute approximate surface area is 124 Å². The number of fused-ring (bicyclic) bond motifs is 1. The summed E-state index contributed by atoms with van der Waals surface area (Å²) in [7, 11) is 0. The van der Waals surface area contributed by atoms with E-state index in [0.717, 1.165) is 12.1 Å². The molecule has 0 amide bonds. The summed E-state index contributed by atoms with van der Waals surface area (Å²) < 4.78 is 1.60. The van der Waals surface area contributed by atoms with Crippen LogP contribution in [0.25, 0.3) is 10.9 Å². The number of thiazole rings is 1. The fourth-order valence-electron chi connectivity index (χ4n) is 2.11. The van der Waals surface area contributed by atoms with E-state index >= 15 is 0 Å². The van der Waals surface area contributed by atoms with Gasteiger partial charge >= 0.3 is 0 Å². The second-order valence-electron chi connectivity index (χ2n) is 4.49. The first kappa shape index (κ1) is 13.3. The molecule has 3 aromatic rings. The molecule has 0 aliphatic rings. The average molecular weight is 306 g/mol. The number of hydrogen-bond donors (Lipinski definition) is 0. The van der Waals surface area contributed by atoms with Crippen molar-refractivity contribution >= 4 is 33.8 Å². The molecule has 2 aromatic heterocycles. The van der Waals surface area contributed by atoms with E-state index < -0.39 is 0 Å². The minimum Gasteiger partial charge on any atom is -0.298 e. The van der Waals surface area contributed by atoms with Gasteiger partial charge in [-0.3, -0.25) is 9.36 Å². The maximum absolute atomic E-state index is 12.4. The molecule has 2 heterocycles. The maximum atomic E-state index is 12.4. The van der Waals surface area contributed by atoms with Gasteiger partial charge in [0.25, 0.3) is 5.56 Å². The largest absolute Gasteiger partial charge is 0.298 e. The van der Waals surface area contributed by atoms with Crippen LogP contribution in [0, 0.1) is 6.92 Å². The third kappa shape index (κ3) is 2.34. The van der Waals surface area contributed by atoms with Crippen molar-refractivity contribution in [1.82, 2.24) is 14.5 Å². The minimum atomic E-state index is -0.0947. The van der Waals surface area contributed by atoms with E-state index in [1.54, 1.807) is 40.4 Å². The van der Waals surface area contributed by atoms with E-state index in [1.807, 2.05) is 12.4 Å². The van der Waals surface area contributed by atoms with Gasteiger partial charge in [-0.05, 0) is 19.1 Å². The van der Waals surface area contributed by atoms with Crippen LogP contribution < -0.4 is 5.56 Å². The van der Waals surface area contributed by atoms with Gasteiger partial charge in [0.1, 0.15) is 0 Å². The molecule has 0 fully saturated rings. The molecule has 0 spiro atoms. The van der Waals surface area contributed by atoms with Crippen molar-refractivity contribution in [3.63, 3.8) is 0 Å². The first-order valence-corrected chi connectivity index (χ1v) is 7.45. The van der Waals surface area contributed by atoms with Crippen LogP contribution in [0.5, 0.6) is 0 Å². The molecule has 0 radical (unpaired) electrons. The third-order valence-electron chi connectivity index (χ3n) is 3.23. The lowest BCUT2D eigenvalue weighted by molar-refractivity contribution is 0.665. The quantitative estimate of drug-likeness (QED) is 0.747. The van der Waals surface area contributed by atoms with Crippen LogP contribution in [0.4, 0.5) is 0 Å². The van der Waals surface area contributed by atoms with Crippen LogP contribution in [-0.2, 0) is 13.0 Å². The van der Waals surface area contributed by atoms with Crippen LogP contribution in [-0.4, -0.2) is 14.5 Å². The molecule has 6 heteroatoms. The summed E-state index contributed by atoms with van der Waals surface area (Å²) >= 11 is 7.71. The topological polar surface area (TPSA) is 47.8 Å². The SMILES string of the molecule is Cc1ncsc1CCn1cnc2cccc(Cl)c2c1=O. The highest BCUT2D eigenvalue weighted by atomic mass is 35.5. The standard InChI is InChI=1S/C14H12ClN3OS/c1-9-12(20-8-17-9)5-6-18-7-16-11-4-2-3-10(15)13(11)14(18)19/h2-4,7-8H,5-6H2,1H3. The molecule has 0 atom stereocenters. The summed E-state index contributed by atoms with van der Waals surface area (Å²) in [4.78, 5) is 22.1. The molecule has 4 nitrogen and oxygen atoms in total. The van der Waals surface area contributed by atoms with Crippen LogP contribution in [0.1, 0.15) is 10.6 Å². The summed E-state index contributed by atoms with van der Waals surface area (Å²) in [5.41, 5.74) is 3.38. The second-order valence-corrected chi connectivity index (χ2v) is 5.83. The van der Waals surface area contributed by atoms with Gasteiger partial charge in [0.15, 0.2) is 0 Å². The summed E-state index contributed by atoms with van der Waals surface area (Å²) in [5.74, 6) is 0. The molecule has 0 unspecified atom stereocenters. The first-order chi connectivity index (χ1) is 9.66. The number of nitrogens with zero attached hydrogens (tertiary/aromatic N) is 3. The summed E-state index contributed by atoms with van der Waals surface area (Å²) in [5, 5.41) is 0.931. The summed E-state index contributed by atoms with van der Waals surface area (Å²) in [6.45, 7) is 2.56. The van der Waals surface area contributed by atoms with Crippen molar-refractivity contribution in [2.75, 3.05) is 0 Å². The number of hydrogen-bond acceptors (Lipinski definition) is 4. The second kappa shape index (κ2) is 5.34. The van der Waals surface area contributed by atoms with Crippen LogP contribution in [0.2, 0.25) is 5.02 Å². The Morgan fingerprint density at radius 1 is 1.35 bits per heavy atom. The van der Waals surface area contributed by atoms with E-state index in [4.69, 9.17) is 11.6 Å². The highest BCUT2D eigenvalue weighted by Crippen LogP contribution is 2.18. The Kier molecular flexibility index (Phi) is 3.54. The lowest BCUT2D eigenvalue weighted by atomic mass is 10.2. The van der Waals surface area contributed by atoms with E-state index in [9.17, 15) is 4.79 Å². The molecule has 102 valence electrons. The number of aromatic nitrogens is 3. The molecule has 0 aliphatic heterocycles. The Morgan fingerprint density at radius 2 is 2.20 bits per heavy atom. The Hall–Kier alpha value is -1.72. The normalized spacial score (nSPS) is 11.1. The Morgan fingerprint density at radius 3 is 2.95 bits per heavy atom. The van der Waals surface area contributed by atoms with Gasteiger partial charge in [-0.1, -0.05) is 17.7 Å². The zero-order chi connectivity index (χ0) is 14.1. The van der Waals surface area contributed by atoms with Gasteiger partial charge in [-0.25, -0.2) is 9.97 Å². The Balaban J connectivity index is 1.97. The van der Waals surface area contributed by atoms with Gasteiger partial charge in [-0.15, -0.1) is 11.3 Å². The van der Waals surface area contributed by atoms with Crippen LogP contribution in [0.15, 0.2) is 34.8 Å².